The Hall–Kier alpha value is -3.63. The normalized spacial score (nSPS) is 44.9. The molecule has 5 saturated heterocycles. The quantitative estimate of drug-likeness (QED) is 0.251. The van der Waals surface area contributed by atoms with Gasteiger partial charge in [0.15, 0.2) is 53.4 Å². The van der Waals surface area contributed by atoms with Crippen LogP contribution in [0.5, 0.6) is 5.75 Å². The largest absolute Gasteiger partial charge is 0.507 e. The highest BCUT2D eigenvalue weighted by molar-refractivity contribution is 6.32. The molecule has 67 heavy (non-hydrogen) atoms. The Bertz CT molecular complexity index is 2260. The summed E-state index contributed by atoms with van der Waals surface area (Å²) in [5.41, 5.74) is -8.53. The molecule has 0 radical (unpaired) electrons. The Kier molecular flexibility index (Phi) is 13.0. The van der Waals surface area contributed by atoms with Gasteiger partial charge in [0.25, 0.3) is 0 Å². The van der Waals surface area contributed by atoms with E-state index in [1.54, 1.807) is 27.7 Å². The van der Waals surface area contributed by atoms with Gasteiger partial charge in [0.2, 0.25) is 0 Å². The first-order chi connectivity index (χ1) is 31.6. The SMILES string of the molecule is CC1OC(OC2CCC(OC3(C)CC(=O)C4(O)C5=C(C=CC4(O)C3)C(=O)c3c(ccc(C4OC(C)C(C6CCC(OC7CCC(=O)C(C)O7)C(C)O6)[C@@H](O)[C@@H]4O)c3O)C5=O)OC2C)CCC1=O. The van der Waals surface area contributed by atoms with E-state index in [9.17, 15) is 49.5 Å². The van der Waals surface area contributed by atoms with Gasteiger partial charge in [0.05, 0.1) is 59.5 Å². The lowest BCUT2D eigenvalue weighted by Crippen LogP contribution is -2.69. The molecule has 8 aliphatic rings. The highest BCUT2D eigenvalue weighted by atomic mass is 16.7. The van der Waals surface area contributed by atoms with Crippen molar-refractivity contribution in [2.24, 2.45) is 5.92 Å². The zero-order valence-corrected chi connectivity index (χ0v) is 38.6. The van der Waals surface area contributed by atoms with Crippen LogP contribution >= 0.6 is 0 Å². The zero-order chi connectivity index (χ0) is 48.1. The van der Waals surface area contributed by atoms with Gasteiger partial charge < -0.3 is 63.4 Å². The lowest BCUT2D eigenvalue weighted by atomic mass is 9.57. The van der Waals surface area contributed by atoms with Crippen LogP contribution in [0.25, 0.3) is 0 Å². The van der Waals surface area contributed by atoms with Gasteiger partial charge in [0.1, 0.15) is 35.8 Å². The molecule has 0 aromatic heterocycles. The molecular formula is C49H62O18. The molecule has 9 rings (SSSR count). The lowest BCUT2D eigenvalue weighted by molar-refractivity contribution is -0.296. The number of carbonyl (C=O) groups excluding carboxylic acids is 5. The monoisotopic (exact) mass is 938 g/mol. The van der Waals surface area contributed by atoms with Crippen molar-refractivity contribution in [3.63, 3.8) is 0 Å². The van der Waals surface area contributed by atoms with Crippen molar-refractivity contribution in [3.8, 4) is 5.75 Å². The van der Waals surface area contributed by atoms with Gasteiger partial charge in [-0.1, -0.05) is 12.1 Å². The third-order valence-electron chi connectivity index (χ3n) is 15.4. The summed E-state index contributed by atoms with van der Waals surface area (Å²) in [6, 6.07) is 2.51. The molecule has 1 aromatic rings. The Labute approximate surface area is 387 Å². The smallest absolute Gasteiger partial charge is 0.198 e. The second-order valence-electron chi connectivity index (χ2n) is 20.1. The highest BCUT2D eigenvalue weighted by Gasteiger charge is 2.67. The first-order valence-electron chi connectivity index (χ1n) is 23.7. The summed E-state index contributed by atoms with van der Waals surface area (Å²) in [7, 11) is 0. The van der Waals surface area contributed by atoms with E-state index in [4.69, 9.17) is 37.9 Å². The fourth-order valence-corrected chi connectivity index (χ4v) is 11.7. The van der Waals surface area contributed by atoms with Crippen LogP contribution in [0.2, 0.25) is 0 Å². The Morgan fingerprint density at radius 1 is 0.687 bits per heavy atom. The van der Waals surface area contributed by atoms with Crippen molar-refractivity contribution < 1.29 is 87.4 Å². The van der Waals surface area contributed by atoms with E-state index >= 15 is 0 Å². The van der Waals surface area contributed by atoms with Crippen molar-refractivity contribution in [3.05, 3.63) is 52.1 Å². The summed E-state index contributed by atoms with van der Waals surface area (Å²) in [5.74, 6) is -4.18. The maximum atomic E-state index is 14.5. The third-order valence-corrected chi connectivity index (χ3v) is 15.4. The maximum absolute atomic E-state index is 14.5. The van der Waals surface area contributed by atoms with Crippen molar-refractivity contribution in [2.75, 3.05) is 0 Å². The first-order valence-corrected chi connectivity index (χ1v) is 23.7. The molecule has 1 saturated carbocycles. The predicted molar refractivity (Wildman–Crippen MR) is 229 cm³/mol. The number of aliphatic hydroxyl groups excluding tert-OH is 2. The number of hydrogen-bond donors (Lipinski definition) is 5. The highest BCUT2D eigenvalue weighted by Crippen LogP contribution is 2.53. The van der Waals surface area contributed by atoms with Crippen LogP contribution < -0.4 is 0 Å². The molecule has 5 N–H and O–H groups in total. The summed E-state index contributed by atoms with van der Waals surface area (Å²) in [6.45, 7) is 10.3. The summed E-state index contributed by atoms with van der Waals surface area (Å²) in [4.78, 5) is 66.9. The fraction of sp³-hybridized carbons (Fsp3) is 0.694. The van der Waals surface area contributed by atoms with E-state index in [2.05, 4.69) is 0 Å². The number of hydrogen-bond acceptors (Lipinski definition) is 18. The molecule has 0 bridgehead atoms. The molecule has 18 atom stereocenters. The van der Waals surface area contributed by atoms with Crippen molar-refractivity contribution in [1.82, 2.24) is 0 Å². The maximum Gasteiger partial charge on any atom is 0.198 e. The van der Waals surface area contributed by atoms with Crippen LogP contribution in [-0.4, -0.2) is 151 Å². The van der Waals surface area contributed by atoms with Gasteiger partial charge in [-0.15, -0.1) is 0 Å². The van der Waals surface area contributed by atoms with Crippen molar-refractivity contribution in [1.29, 1.82) is 0 Å². The van der Waals surface area contributed by atoms with Crippen molar-refractivity contribution in [2.45, 2.75) is 209 Å². The van der Waals surface area contributed by atoms with Gasteiger partial charge in [-0.2, -0.15) is 0 Å². The minimum atomic E-state index is -2.86. The van der Waals surface area contributed by atoms with Crippen LogP contribution in [0, 0.1) is 5.92 Å². The summed E-state index contributed by atoms with van der Waals surface area (Å²) < 4.78 is 48.9. The van der Waals surface area contributed by atoms with E-state index < -0.39 is 143 Å². The van der Waals surface area contributed by atoms with E-state index in [1.807, 2.05) is 13.8 Å². The Morgan fingerprint density at radius 3 is 1.90 bits per heavy atom. The number of benzene rings is 1. The first kappa shape index (κ1) is 48.4. The summed E-state index contributed by atoms with van der Waals surface area (Å²) in [6.07, 6.45) is -5.29. The van der Waals surface area contributed by atoms with E-state index in [0.29, 0.717) is 51.4 Å². The van der Waals surface area contributed by atoms with E-state index in [0.717, 1.165) is 12.2 Å². The number of phenolic OH excluding ortho intramolecular Hbond substituents is 1. The Morgan fingerprint density at radius 2 is 1.30 bits per heavy atom. The molecular weight excluding hydrogens is 877 g/mol. The minimum absolute atomic E-state index is 0.0202. The van der Waals surface area contributed by atoms with E-state index in [-0.39, 0.29) is 41.3 Å². The van der Waals surface area contributed by atoms with Gasteiger partial charge in [-0.25, -0.2) is 0 Å². The van der Waals surface area contributed by atoms with E-state index in [1.165, 1.54) is 12.1 Å². The van der Waals surface area contributed by atoms with Gasteiger partial charge >= 0.3 is 0 Å². The molecule has 5 heterocycles. The number of allylic oxidation sites excluding steroid dienone is 2. The number of carbonyl (C=O) groups is 5. The van der Waals surface area contributed by atoms with Crippen LogP contribution in [0.15, 0.2) is 35.4 Å². The van der Waals surface area contributed by atoms with Gasteiger partial charge in [-0.3, -0.25) is 24.0 Å². The average Bonchev–Trinajstić information content (AvgIpc) is 3.26. The topological polar surface area (TPSA) is 260 Å². The number of phenols is 1. The zero-order valence-electron chi connectivity index (χ0n) is 38.6. The molecule has 18 heteroatoms. The minimum Gasteiger partial charge on any atom is -0.507 e. The molecule has 366 valence electrons. The van der Waals surface area contributed by atoms with Gasteiger partial charge in [0, 0.05) is 67.6 Å². The number of rotatable bonds is 8. The van der Waals surface area contributed by atoms with Gasteiger partial charge in [-0.05, 0) is 72.9 Å². The number of ketones is 5. The molecule has 6 fully saturated rings. The summed E-state index contributed by atoms with van der Waals surface area (Å²) in [5, 5.41) is 59.5. The molecule has 16 unspecified atom stereocenters. The third kappa shape index (κ3) is 8.41. The van der Waals surface area contributed by atoms with Crippen LogP contribution in [0.1, 0.15) is 138 Å². The standard InChI is InChI=1S/C49H62O18/c1-21-29(50)9-14-35(61-21)65-31-11-12-33(60-23(31)3)38-25(5)64-46(45(57)44(38)56)28-8-7-26-39(42(28)54)41(53)27-17-18-48(58)20-47(6,19-34(52)49(48,59)40(27)43(26)55)67-37-16-13-32(24(4)63-37)66-36-15-10-30(51)22(2)62-36/h7-8,17-18,21-25,31-33,35-38,44-46,54,56-59H,9-16,19-20H2,1-6H3/t21?,22?,23?,24?,25?,31?,32?,33?,35?,36?,37?,38?,44-,45+,46?,47?,48?,49?/m1/s1. The second-order valence-corrected chi connectivity index (χ2v) is 20.1. The molecule has 18 nitrogen and oxygen atoms in total. The number of ether oxygens (including phenoxy) is 8. The molecule has 0 amide bonds. The molecule has 1 aromatic carbocycles. The lowest BCUT2D eigenvalue weighted by Gasteiger charge is -2.53. The predicted octanol–water partition coefficient (Wildman–Crippen LogP) is 3.09. The molecule has 0 spiro atoms. The van der Waals surface area contributed by atoms with Crippen LogP contribution in [0.4, 0.5) is 0 Å². The number of fused-ring (bicyclic) bond motifs is 3. The molecule has 5 aliphatic heterocycles. The average molecular weight is 939 g/mol. The second kappa shape index (κ2) is 18.0. The number of aromatic hydroxyl groups is 1. The number of aliphatic hydroxyl groups is 4. The van der Waals surface area contributed by atoms with Crippen molar-refractivity contribution >= 4 is 28.9 Å². The number of Topliss-reactive ketones (excluding diaryl/α,β-unsaturated/α-hetero) is 5. The fourth-order valence-electron chi connectivity index (χ4n) is 11.7. The Balaban J connectivity index is 0.869. The van der Waals surface area contributed by atoms with Crippen LogP contribution in [-0.2, 0) is 52.3 Å². The molecule has 3 aliphatic carbocycles. The van der Waals surface area contributed by atoms with Crippen LogP contribution in [0.3, 0.4) is 0 Å². The summed E-state index contributed by atoms with van der Waals surface area (Å²) >= 11 is 0.